The Morgan fingerprint density at radius 1 is 0.565 bits per heavy atom. The molecule has 0 aliphatic carbocycles. The van der Waals surface area contributed by atoms with Crippen molar-refractivity contribution in [2.45, 2.75) is 32.1 Å². The zero-order valence-electron chi connectivity index (χ0n) is 36.0. The molecule has 5 N–H and O–H groups in total. The molecule has 2 aliphatic heterocycles. The van der Waals surface area contributed by atoms with Crippen LogP contribution in [0, 0.1) is 20.2 Å². The maximum absolute atomic E-state index is 12.4. The topological polar surface area (TPSA) is 245 Å². The molecule has 0 saturated carbocycles. The largest absolute Gasteiger partial charge is 0.476 e. The van der Waals surface area contributed by atoms with E-state index in [1.807, 2.05) is 60.7 Å². The predicted octanol–water partition coefficient (Wildman–Crippen LogP) is 10.1. The van der Waals surface area contributed by atoms with Crippen LogP contribution in [0.25, 0.3) is 22.5 Å². The number of imidazole rings is 2. The molecular weight excluding hydrogens is 883 g/mol. The highest BCUT2D eigenvalue weighted by molar-refractivity contribution is 5.98. The van der Waals surface area contributed by atoms with Gasteiger partial charge in [0.25, 0.3) is 17.3 Å². The van der Waals surface area contributed by atoms with Crippen molar-refractivity contribution in [3.8, 4) is 45.5 Å². The molecule has 1 amide bonds. The van der Waals surface area contributed by atoms with Gasteiger partial charge in [0, 0.05) is 47.5 Å². The van der Waals surface area contributed by atoms with Gasteiger partial charge in [0.1, 0.15) is 46.0 Å². The van der Waals surface area contributed by atoms with Gasteiger partial charge in [0.05, 0.1) is 21.7 Å². The van der Waals surface area contributed by atoms with Crippen molar-refractivity contribution >= 4 is 23.3 Å². The van der Waals surface area contributed by atoms with Gasteiger partial charge in [-0.1, -0.05) is 80.2 Å². The van der Waals surface area contributed by atoms with E-state index in [1.54, 1.807) is 89.6 Å². The van der Waals surface area contributed by atoms with Crippen LogP contribution >= 0.6 is 0 Å². The van der Waals surface area contributed by atoms with E-state index in [0.29, 0.717) is 88.5 Å². The molecular formula is C51H45N9O9. The number of carboxylic acid groups (broad SMARTS) is 1. The van der Waals surface area contributed by atoms with Crippen molar-refractivity contribution in [1.82, 2.24) is 19.3 Å². The molecule has 2 aromatic heterocycles. The Hall–Kier alpha value is -9.32. The highest BCUT2D eigenvalue weighted by atomic mass is 16.6. The molecule has 8 aromatic rings. The molecule has 10 rings (SSSR count). The predicted molar refractivity (Wildman–Crippen MR) is 258 cm³/mol. The van der Waals surface area contributed by atoms with E-state index in [0.717, 1.165) is 0 Å². The average Bonchev–Trinajstić information content (AvgIpc) is 3.96. The van der Waals surface area contributed by atoms with Crippen molar-refractivity contribution in [2.75, 3.05) is 23.9 Å². The maximum atomic E-state index is 12.4. The van der Waals surface area contributed by atoms with Gasteiger partial charge in [0.2, 0.25) is 0 Å². The second-order valence-corrected chi connectivity index (χ2v) is 15.7. The Kier molecular flexibility index (Phi) is 13.4. The number of nitro benzene ring substituents is 2. The lowest BCUT2D eigenvalue weighted by atomic mass is 9.92. The first-order chi connectivity index (χ1) is 33.0. The number of carbonyl (C=O) groups excluding carboxylic acids is 1. The first-order valence-electron chi connectivity index (χ1n) is 21.4. The van der Waals surface area contributed by atoms with Crippen LogP contribution in [0.2, 0.25) is 0 Å². The molecule has 69 heavy (non-hydrogen) atoms. The Morgan fingerprint density at radius 3 is 1.32 bits per heavy atom. The first-order valence-corrected chi connectivity index (χ1v) is 21.4. The lowest BCUT2D eigenvalue weighted by Gasteiger charge is -2.25. The number of aromatic nitrogens is 4. The maximum Gasteiger partial charge on any atom is 0.356 e. The number of nitrogens with one attached hydrogen (secondary N) is 2. The number of benzene rings is 6. The minimum absolute atomic E-state index is 0. The van der Waals surface area contributed by atoms with E-state index in [1.165, 1.54) is 16.8 Å². The van der Waals surface area contributed by atoms with Crippen LogP contribution in [0.15, 0.2) is 158 Å². The fraction of sp³-hybridized carbons (Fsp3) is 0.137. The molecule has 18 heteroatoms. The van der Waals surface area contributed by atoms with Gasteiger partial charge >= 0.3 is 5.97 Å². The average molecular weight is 928 g/mol. The summed E-state index contributed by atoms with van der Waals surface area (Å²) < 4.78 is 14.7. The second kappa shape index (κ2) is 20.0. The van der Waals surface area contributed by atoms with Crippen molar-refractivity contribution < 1.29 is 34.0 Å². The standard InChI is InChI=1S/C25H21N5O4.C25H20N4O5.CH4/c26-24(31)23-22(16-10-12-18(13-11-16)34-17-6-2-1-3-7-17)28-25-20(14-15-27-29(23)25)19-8-4-5-9-21(19)30(32)33;30-25(31)23-22(16-10-12-18(13-11-16)34-17-6-2-1-3-7-17)27-24-20(14-15-26-28(23)24)19-8-4-5-9-21(19)29(32)33;/h1-13,20,27H,14-15H2,(H2,26,31);1-13,20,26H,14-15H2,(H,30,31);1H4. The Labute approximate surface area is 394 Å². The minimum atomic E-state index is -1.14. The molecule has 4 heterocycles. The first kappa shape index (κ1) is 46.2. The summed E-state index contributed by atoms with van der Waals surface area (Å²) in [7, 11) is 0. The van der Waals surface area contributed by atoms with E-state index in [4.69, 9.17) is 20.2 Å². The normalized spacial score (nSPS) is 14.4. The third kappa shape index (κ3) is 9.53. The van der Waals surface area contributed by atoms with E-state index in [2.05, 4.69) is 15.8 Å². The summed E-state index contributed by atoms with van der Waals surface area (Å²) in [4.78, 5) is 56.5. The zero-order valence-corrected chi connectivity index (χ0v) is 36.0. The number of ether oxygens (including phenoxy) is 2. The highest BCUT2D eigenvalue weighted by Crippen LogP contribution is 2.40. The number of aromatic carboxylic acids is 1. The molecule has 0 fully saturated rings. The molecule has 0 saturated heterocycles. The molecule has 2 unspecified atom stereocenters. The number of hydrogen-bond donors (Lipinski definition) is 4. The van der Waals surface area contributed by atoms with Crippen molar-refractivity contribution in [1.29, 1.82) is 0 Å². The number of amides is 1. The molecule has 348 valence electrons. The number of nitro groups is 2. The quantitative estimate of drug-likeness (QED) is 0.0659. The van der Waals surface area contributed by atoms with Gasteiger partial charge in [-0.25, -0.2) is 24.1 Å². The van der Waals surface area contributed by atoms with Gasteiger partial charge in [-0.2, -0.15) is 0 Å². The fourth-order valence-corrected chi connectivity index (χ4v) is 8.49. The molecule has 6 aromatic carbocycles. The van der Waals surface area contributed by atoms with Crippen LogP contribution in [0.5, 0.6) is 23.0 Å². The SMILES string of the molecule is C.NC(=O)c1c(-c2ccc(Oc3ccccc3)cc2)nc2n1NCCC2c1ccccc1[N+](=O)[O-].O=C(O)c1c(-c2ccc(Oc3ccccc3)cc2)nc2n1NCCC2c1ccccc1[N+](=O)[O-]. The van der Waals surface area contributed by atoms with Crippen LogP contribution in [-0.4, -0.2) is 59.2 Å². The van der Waals surface area contributed by atoms with Crippen LogP contribution in [0.3, 0.4) is 0 Å². The lowest BCUT2D eigenvalue weighted by Crippen LogP contribution is -2.32. The number of primary amides is 1. The van der Waals surface area contributed by atoms with Crippen molar-refractivity contribution in [3.05, 3.63) is 212 Å². The molecule has 2 atom stereocenters. The smallest absolute Gasteiger partial charge is 0.356 e. The van der Waals surface area contributed by atoms with Crippen LogP contribution < -0.4 is 26.1 Å². The fourth-order valence-electron chi connectivity index (χ4n) is 8.49. The number of carbonyl (C=O) groups is 2. The van der Waals surface area contributed by atoms with E-state index in [9.17, 15) is 34.9 Å². The number of nitrogens with zero attached hydrogens (tertiary/aromatic N) is 6. The number of para-hydroxylation sites is 4. The van der Waals surface area contributed by atoms with Crippen LogP contribution in [0.1, 0.15) is 75.9 Å². The summed E-state index contributed by atoms with van der Waals surface area (Å²) in [5, 5.41) is 33.2. The molecule has 0 bridgehead atoms. The third-order valence-electron chi connectivity index (χ3n) is 11.5. The van der Waals surface area contributed by atoms with Gasteiger partial charge in [0.15, 0.2) is 11.4 Å². The minimum Gasteiger partial charge on any atom is -0.476 e. The Balaban J connectivity index is 0.000000183. The van der Waals surface area contributed by atoms with E-state index in [-0.39, 0.29) is 41.8 Å². The number of carboxylic acids is 1. The van der Waals surface area contributed by atoms with E-state index >= 15 is 0 Å². The summed E-state index contributed by atoms with van der Waals surface area (Å²) in [6, 6.07) is 46.0. The van der Waals surface area contributed by atoms with E-state index < -0.39 is 27.6 Å². The van der Waals surface area contributed by atoms with Gasteiger partial charge in [-0.15, -0.1) is 0 Å². The second-order valence-electron chi connectivity index (χ2n) is 15.7. The summed E-state index contributed by atoms with van der Waals surface area (Å²) in [5.74, 6) is 1.00. The number of fused-ring (bicyclic) bond motifs is 2. The summed E-state index contributed by atoms with van der Waals surface area (Å²) in [5.41, 5.74) is 15.2. The summed E-state index contributed by atoms with van der Waals surface area (Å²) in [6.07, 6.45) is 1.13. The van der Waals surface area contributed by atoms with Crippen molar-refractivity contribution in [2.24, 2.45) is 5.73 Å². The lowest BCUT2D eigenvalue weighted by molar-refractivity contribution is -0.385. The Bertz CT molecular complexity index is 2950. The highest BCUT2D eigenvalue weighted by Gasteiger charge is 2.36. The summed E-state index contributed by atoms with van der Waals surface area (Å²) in [6.45, 7) is 0.952. The zero-order chi connectivity index (χ0) is 47.3. The number of rotatable bonds is 12. The molecule has 2 aliphatic rings. The van der Waals surface area contributed by atoms with Crippen LogP contribution in [-0.2, 0) is 0 Å². The van der Waals surface area contributed by atoms with Gasteiger partial charge in [-0.3, -0.25) is 25.0 Å². The molecule has 0 radical (unpaired) electrons. The Morgan fingerprint density at radius 2 is 0.928 bits per heavy atom. The third-order valence-corrected chi connectivity index (χ3v) is 11.5. The number of hydrogen-bond acceptors (Lipinski definition) is 12. The molecule has 0 spiro atoms. The number of nitrogens with two attached hydrogens (primary N) is 1. The monoisotopic (exact) mass is 927 g/mol. The van der Waals surface area contributed by atoms with Gasteiger partial charge in [-0.05, 0) is 85.6 Å². The molecule has 18 nitrogen and oxygen atoms in total. The van der Waals surface area contributed by atoms with Crippen molar-refractivity contribution in [3.63, 3.8) is 0 Å². The van der Waals surface area contributed by atoms with Crippen LogP contribution in [0.4, 0.5) is 11.4 Å². The van der Waals surface area contributed by atoms with Gasteiger partial charge < -0.3 is 31.2 Å². The summed E-state index contributed by atoms with van der Waals surface area (Å²) >= 11 is 0.